The largest absolute Gasteiger partial charge is 0.354 e. The Morgan fingerprint density at radius 2 is 1.95 bits per heavy atom. The van der Waals surface area contributed by atoms with Gasteiger partial charge >= 0.3 is 6.03 Å². The Balaban J connectivity index is 2.21. The summed E-state index contributed by atoms with van der Waals surface area (Å²) < 4.78 is 0. The van der Waals surface area contributed by atoms with Crippen molar-refractivity contribution in [3.63, 3.8) is 0 Å². The van der Waals surface area contributed by atoms with Gasteiger partial charge in [-0.25, -0.2) is 4.79 Å². The lowest BCUT2D eigenvalue weighted by Gasteiger charge is -2.12. The molecule has 0 bridgehead atoms. The van der Waals surface area contributed by atoms with Gasteiger partial charge in [-0.3, -0.25) is 4.79 Å². The predicted octanol–water partition coefficient (Wildman–Crippen LogP) is 1.45. The van der Waals surface area contributed by atoms with Gasteiger partial charge in [0.05, 0.1) is 0 Å². The second-order valence-corrected chi connectivity index (χ2v) is 4.69. The molecule has 5 nitrogen and oxygen atoms in total. The standard InChI is InChI=1S/C13H18ClN3O2/c1-9(17-13(15)19)12(18)16-8-2-3-10-4-6-11(14)7-5-10/h4-7,9H,2-3,8H2,1H3,(H,16,18)(H3,15,17,19)/t9-/m1/s1. The molecule has 0 saturated heterocycles. The first kappa shape index (κ1) is 15.3. The third-order valence-corrected chi connectivity index (χ3v) is 2.86. The first-order chi connectivity index (χ1) is 8.99. The van der Waals surface area contributed by atoms with Crippen LogP contribution in [0.25, 0.3) is 0 Å². The number of carbonyl (C=O) groups is 2. The zero-order valence-corrected chi connectivity index (χ0v) is 11.5. The van der Waals surface area contributed by atoms with Crippen molar-refractivity contribution in [3.8, 4) is 0 Å². The van der Waals surface area contributed by atoms with E-state index in [-0.39, 0.29) is 5.91 Å². The average molecular weight is 284 g/mol. The first-order valence-electron chi connectivity index (χ1n) is 6.07. The maximum atomic E-state index is 11.5. The Bertz CT molecular complexity index is 434. The third-order valence-electron chi connectivity index (χ3n) is 2.61. The number of primary amides is 1. The van der Waals surface area contributed by atoms with Crippen LogP contribution in [-0.2, 0) is 11.2 Å². The molecule has 0 radical (unpaired) electrons. The number of nitrogens with one attached hydrogen (secondary N) is 2. The molecule has 3 amide bonds. The minimum atomic E-state index is -0.705. The number of hydrogen-bond acceptors (Lipinski definition) is 2. The number of urea groups is 1. The molecule has 1 rings (SSSR count). The summed E-state index contributed by atoms with van der Waals surface area (Å²) in [6.07, 6.45) is 1.67. The van der Waals surface area contributed by atoms with E-state index >= 15 is 0 Å². The predicted molar refractivity (Wildman–Crippen MR) is 75.0 cm³/mol. The van der Waals surface area contributed by atoms with Crippen molar-refractivity contribution in [1.29, 1.82) is 0 Å². The molecule has 0 fully saturated rings. The zero-order chi connectivity index (χ0) is 14.3. The van der Waals surface area contributed by atoms with Crippen LogP contribution in [0.1, 0.15) is 18.9 Å². The number of nitrogens with two attached hydrogens (primary N) is 1. The lowest BCUT2D eigenvalue weighted by atomic mass is 10.1. The van der Waals surface area contributed by atoms with Crippen molar-refractivity contribution in [1.82, 2.24) is 10.6 Å². The fourth-order valence-corrected chi connectivity index (χ4v) is 1.71. The van der Waals surface area contributed by atoms with Gasteiger partial charge in [-0.05, 0) is 37.5 Å². The SMILES string of the molecule is C[C@@H](NC(N)=O)C(=O)NCCCc1ccc(Cl)cc1. The molecule has 0 aliphatic heterocycles. The Morgan fingerprint density at radius 3 is 2.53 bits per heavy atom. The average Bonchev–Trinajstić information content (AvgIpc) is 2.35. The Kier molecular flexibility index (Phi) is 6.15. The highest BCUT2D eigenvalue weighted by atomic mass is 35.5. The Morgan fingerprint density at radius 1 is 1.32 bits per heavy atom. The molecule has 104 valence electrons. The van der Waals surface area contributed by atoms with Crippen LogP contribution in [0.5, 0.6) is 0 Å². The normalized spacial score (nSPS) is 11.7. The number of amides is 3. The number of hydrogen-bond donors (Lipinski definition) is 3. The van der Waals surface area contributed by atoms with Gasteiger partial charge in [0.2, 0.25) is 5.91 Å². The number of halogens is 1. The highest BCUT2D eigenvalue weighted by Crippen LogP contribution is 2.10. The minimum absolute atomic E-state index is 0.241. The zero-order valence-electron chi connectivity index (χ0n) is 10.8. The molecule has 0 spiro atoms. The van der Waals surface area contributed by atoms with Gasteiger partial charge in [-0.1, -0.05) is 23.7 Å². The lowest BCUT2D eigenvalue weighted by molar-refractivity contribution is -0.122. The van der Waals surface area contributed by atoms with Crippen LogP contribution in [0.4, 0.5) is 4.79 Å². The molecular formula is C13H18ClN3O2. The molecule has 6 heteroatoms. The lowest BCUT2D eigenvalue weighted by Crippen LogP contribution is -2.46. The first-order valence-corrected chi connectivity index (χ1v) is 6.45. The summed E-state index contributed by atoms with van der Waals surface area (Å²) in [7, 11) is 0. The quantitative estimate of drug-likeness (QED) is 0.690. The molecule has 0 heterocycles. The van der Waals surface area contributed by atoms with Crippen molar-refractivity contribution in [3.05, 3.63) is 34.9 Å². The molecule has 4 N–H and O–H groups in total. The van der Waals surface area contributed by atoms with E-state index in [0.29, 0.717) is 11.6 Å². The van der Waals surface area contributed by atoms with Gasteiger partial charge in [0.1, 0.15) is 6.04 Å². The van der Waals surface area contributed by atoms with Crippen LogP contribution < -0.4 is 16.4 Å². The van der Waals surface area contributed by atoms with Crippen LogP contribution in [-0.4, -0.2) is 24.5 Å². The van der Waals surface area contributed by atoms with E-state index in [2.05, 4.69) is 10.6 Å². The van der Waals surface area contributed by atoms with Crippen molar-refractivity contribution in [2.24, 2.45) is 5.73 Å². The fourth-order valence-electron chi connectivity index (χ4n) is 1.59. The second-order valence-electron chi connectivity index (χ2n) is 4.25. The molecule has 0 aliphatic rings. The summed E-state index contributed by atoms with van der Waals surface area (Å²) in [5.74, 6) is -0.241. The summed E-state index contributed by atoms with van der Waals surface area (Å²) in [4.78, 5) is 22.1. The Hall–Kier alpha value is -1.75. The van der Waals surface area contributed by atoms with E-state index in [1.807, 2.05) is 24.3 Å². The van der Waals surface area contributed by atoms with E-state index in [4.69, 9.17) is 17.3 Å². The molecule has 0 unspecified atom stereocenters. The molecule has 0 aliphatic carbocycles. The summed E-state index contributed by atoms with van der Waals surface area (Å²) >= 11 is 5.79. The number of benzene rings is 1. The van der Waals surface area contributed by atoms with Gasteiger partial charge < -0.3 is 16.4 Å². The van der Waals surface area contributed by atoms with Crippen LogP contribution in [0.15, 0.2) is 24.3 Å². The summed E-state index contributed by atoms with van der Waals surface area (Å²) in [6, 6.07) is 6.28. The molecular weight excluding hydrogens is 266 g/mol. The molecule has 1 aromatic carbocycles. The van der Waals surface area contributed by atoms with E-state index in [9.17, 15) is 9.59 Å². The van der Waals surface area contributed by atoms with Crippen LogP contribution in [0, 0.1) is 0 Å². The van der Waals surface area contributed by atoms with Gasteiger partial charge in [-0.2, -0.15) is 0 Å². The number of carbonyl (C=O) groups excluding carboxylic acids is 2. The molecule has 0 saturated carbocycles. The second kappa shape index (κ2) is 7.63. The minimum Gasteiger partial charge on any atom is -0.354 e. The Labute approximate surface area is 117 Å². The third kappa shape index (κ3) is 6.10. The van der Waals surface area contributed by atoms with Crippen molar-refractivity contribution < 1.29 is 9.59 Å². The smallest absolute Gasteiger partial charge is 0.312 e. The van der Waals surface area contributed by atoms with E-state index in [1.54, 1.807) is 6.92 Å². The topological polar surface area (TPSA) is 84.2 Å². The molecule has 19 heavy (non-hydrogen) atoms. The van der Waals surface area contributed by atoms with Crippen molar-refractivity contribution in [2.75, 3.05) is 6.54 Å². The molecule has 0 aromatic heterocycles. The highest BCUT2D eigenvalue weighted by molar-refractivity contribution is 6.30. The summed E-state index contributed by atoms with van der Waals surface area (Å²) in [5.41, 5.74) is 6.10. The van der Waals surface area contributed by atoms with Crippen molar-refractivity contribution >= 4 is 23.5 Å². The summed E-state index contributed by atoms with van der Waals surface area (Å²) in [5, 5.41) is 5.77. The monoisotopic (exact) mass is 283 g/mol. The highest BCUT2D eigenvalue weighted by Gasteiger charge is 2.12. The maximum Gasteiger partial charge on any atom is 0.312 e. The van der Waals surface area contributed by atoms with Gasteiger partial charge in [0.15, 0.2) is 0 Å². The van der Waals surface area contributed by atoms with E-state index in [1.165, 1.54) is 5.56 Å². The van der Waals surface area contributed by atoms with Crippen molar-refractivity contribution in [2.45, 2.75) is 25.8 Å². The number of rotatable bonds is 6. The van der Waals surface area contributed by atoms with Gasteiger partial charge in [0.25, 0.3) is 0 Å². The molecule has 1 aromatic rings. The van der Waals surface area contributed by atoms with E-state index in [0.717, 1.165) is 12.8 Å². The van der Waals surface area contributed by atoms with Crippen LogP contribution in [0.2, 0.25) is 5.02 Å². The van der Waals surface area contributed by atoms with Crippen LogP contribution >= 0.6 is 11.6 Å². The van der Waals surface area contributed by atoms with Gasteiger partial charge in [0, 0.05) is 11.6 Å². The number of aryl methyl sites for hydroxylation is 1. The maximum absolute atomic E-state index is 11.5. The molecule has 1 atom stereocenters. The summed E-state index contributed by atoms with van der Waals surface area (Å²) in [6.45, 7) is 2.13. The fraction of sp³-hybridized carbons (Fsp3) is 0.385. The van der Waals surface area contributed by atoms with E-state index < -0.39 is 12.1 Å². The van der Waals surface area contributed by atoms with Gasteiger partial charge in [-0.15, -0.1) is 0 Å². The van der Waals surface area contributed by atoms with Crippen LogP contribution in [0.3, 0.4) is 0 Å².